The van der Waals surface area contributed by atoms with Crippen LogP contribution in [0.3, 0.4) is 0 Å². The Morgan fingerprint density at radius 1 is 1.03 bits per heavy atom. The zero-order valence-corrected chi connectivity index (χ0v) is 18.2. The maximum atomic E-state index is 15.5. The molecule has 33 heavy (non-hydrogen) atoms. The van der Waals surface area contributed by atoms with E-state index in [-0.39, 0.29) is 5.82 Å². The first-order chi connectivity index (χ1) is 16.2. The quantitative estimate of drug-likeness (QED) is 0.455. The van der Waals surface area contributed by atoms with Crippen molar-refractivity contribution < 1.29 is 4.39 Å². The van der Waals surface area contributed by atoms with Crippen LogP contribution in [0.5, 0.6) is 0 Å². The Bertz CT molecular complexity index is 1450. The Labute approximate surface area is 189 Å². The van der Waals surface area contributed by atoms with Crippen molar-refractivity contribution in [2.75, 3.05) is 13.1 Å². The molecule has 1 fully saturated rings. The Morgan fingerprint density at radius 3 is 2.79 bits per heavy atom. The van der Waals surface area contributed by atoms with E-state index in [2.05, 4.69) is 41.6 Å². The third kappa shape index (κ3) is 3.64. The summed E-state index contributed by atoms with van der Waals surface area (Å²) in [6.45, 7) is 3.88. The van der Waals surface area contributed by atoms with Gasteiger partial charge in [0.25, 0.3) is 0 Å². The van der Waals surface area contributed by atoms with Crippen LogP contribution in [0.4, 0.5) is 4.39 Å². The first kappa shape index (κ1) is 19.9. The first-order valence-electron chi connectivity index (χ1n) is 11.1. The molecule has 1 aromatic carbocycles. The number of pyridine rings is 1. The molecule has 1 aliphatic heterocycles. The molecule has 0 saturated carbocycles. The Kier molecular flexibility index (Phi) is 4.83. The molecule has 166 valence electrons. The number of nitrogens with zero attached hydrogens (tertiary/aromatic N) is 7. The van der Waals surface area contributed by atoms with Crippen LogP contribution in [0.25, 0.3) is 27.7 Å². The molecule has 1 unspecified atom stereocenters. The van der Waals surface area contributed by atoms with Gasteiger partial charge in [-0.15, -0.1) is 10.2 Å². The van der Waals surface area contributed by atoms with E-state index >= 15 is 4.39 Å². The molecule has 6 rings (SSSR count). The summed E-state index contributed by atoms with van der Waals surface area (Å²) in [7, 11) is 0. The minimum Gasteiger partial charge on any atom is -0.317 e. The van der Waals surface area contributed by atoms with Crippen LogP contribution in [0.2, 0.25) is 0 Å². The number of nitrogens with one attached hydrogen (secondary N) is 1. The van der Waals surface area contributed by atoms with Crippen LogP contribution in [-0.4, -0.2) is 47.7 Å². The normalized spacial score (nSPS) is 15.9. The smallest absolute Gasteiger partial charge is 0.193 e. The molecular weight excluding hydrogens is 419 g/mol. The summed E-state index contributed by atoms with van der Waals surface area (Å²) < 4.78 is 19.0. The van der Waals surface area contributed by atoms with Gasteiger partial charge in [-0.05, 0) is 68.8 Å². The molecule has 0 bridgehead atoms. The summed E-state index contributed by atoms with van der Waals surface area (Å²) in [6.07, 6.45) is 6.50. The SMILES string of the molecule is Cc1ccc2nnc(C(F)c3ccc4ncc(-c5cnn(C6CCNCC6)c5)cc4c3)n2n1. The topological polar surface area (TPSA) is 85.8 Å². The zero-order chi connectivity index (χ0) is 22.4. The van der Waals surface area contributed by atoms with E-state index < -0.39 is 6.17 Å². The highest BCUT2D eigenvalue weighted by atomic mass is 19.1. The average Bonchev–Trinajstić information content (AvgIpc) is 3.51. The molecule has 1 aliphatic rings. The van der Waals surface area contributed by atoms with Crippen LogP contribution in [0.1, 0.15) is 42.1 Å². The Hall–Kier alpha value is -3.72. The lowest BCUT2D eigenvalue weighted by atomic mass is 10.0. The number of alkyl halides is 1. The van der Waals surface area contributed by atoms with Gasteiger partial charge in [0.15, 0.2) is 17.6 Å². The van der Waals surface area contributed by atoms with E-state index in [9.17, 15) is 0 Å². The summed E-state index contributed by atoms with van der Waals surface area (Å²) >= 11 is 0. The van der Waals surface area contributed by atoms with Gasteiger partial charge in [-0.1, -0.05) is 6.07 Å². The second kappa shape index (κ2) is 8.00. The summed E-state index contributed by atoms with van der Waals surface area (Å²) in [5, 5.41) is 21.3. The van der Waals surface area contributed by atoms with E-state index in [0.717, 1.165) is 53.7 Å². The van der Waals surface area contributed by atoms with Gasteiger partial charge in [0.05, 0.1) is 23.4 Å². The molecule has 9 heteroatoms. The van der Waals surface area contributed by atoms with Gasteiger partial charge in [-0.2, -0.15) is 14.7 Å². The fourth-order valence-electron chi connectivity index (χ4n) is 4.43. The number of aromatic nitrogens is 7. The lowest BCUT2D eigenvalue weighted by Gasteiger charge is -2.22. The summed E-state index contributed by atoms with van der Waals surface area (Å²) in [4.78, 5) is 4.59. The standard InChI is InChI=1S/C24H23FN8/c1-15-2-5-22-29-30-24(33(22)31-15)23(25)16-3-4-21-17(10-16)11-18(12-27-21)19-13-28-32(14-19)20-6-8-26-9-7-20/h2-5,10-14,20,23,26H,6-9H2,1H3. The molecular formula is C24H23FN8. The maximum absolute atomic E-state index is 15.5. The van der Waals surface area contributed by atoms with Gasteiger partial charge in [0.1, 0.15) is 0 Å². The van der Waals surface area contributed by atoms with Gasteiger partial charge in [0, 0.05) is 28.9 Å². The molecule has 0 spiro atoms. The number of rotatable bonds is 4. The van der Waals surface area contributed by atoms with Crippen LogP contribution >= 0.6 is 0 Å². The molecule has 0 aliphatic carbocycles. The van der Waals surface area contributed by atoms with Crippen LogP contribution < -0.4 is 5.32 Å². The number of halogens is 1. The molecule has 5 heterocycles. The largest absolute Gasteiger partial charge is 0.317 e. The molecule has 4 aromatic heterocycles. The summed E-state index contributed by atoms with van der Waals surface area (Å²) in [5.41, 5.74) is 4.56. The lowest BCUT2D eigenvalue weighted by Crippen LogP contribution is -2.29. The van der Waals surface area contributed by atoms with Crippen molar-refractivity contribution in [1.82, 2.24) is 39.9 Å². The predicted octanol–water partition coefficient (Wildman–Crippen LogP) is 3.83. The second-order valence-corrected chi connectivity index (χ2v) is 8.53. The van der Waals surface area contributed by atoms with E-state index in [1.54, 1.807) is 12.1 Å². The molecule has 8 nitrogen and oxygen atoms in total. The number of hydrogen-bond donors (Lipinski definition) is 1. The van der Waals surface area contributed by atoms with E-state index in [0.29, 0.717) is 17.3 Å². The van der Waals surface area contributed by atoms with Gasteiger partial charge < -0.3 is 5.32 Å². The van der Waals surface area contributed by atoms with Crippen molar-refractivity contribution >= 4 is 16.6 Å². The molecule has 0 amide bonds. The van der Waals surface area contributed by atoms with Gasteiger partial charge in [0.2, 0.25) is 0 Å². The Morgan fingerprint density at radius 2 is 1.91 bits per heavy atom. The monoisotopic (exact) mass is 442 g/mol. The number of fused-ring (bicyclic) bond motifs is 2. The zero-order valence-electron chi connectivity index (χ0n) is 18.2. The lowest BCUT2D eigenvalue weighted by molar-refractivity contribution is 0.343. The minimum atomic E-state index is -1.45. The van der Waals surface area contributed by atoms with Crippen LogP contribution in [-0.2, 0) is 0 Å². The highest BCUT2D eigenvalue weighted by Gasteiger charge is 2.21. The maximum Gasteiger partial charge on any atom is 0.193 e. The van der Waals surface area contributed by atoms with Crippen molar-refractivity contribution in [3.8, 4) is 11.1 Å². The summed E-state index contributed by atoms with van der Waals surface area (Å²) in [6, 6.07) is 11.5. The number of aryl methyl sites for hydroxylation is 1. The molecule has 1 N–H and O–H groups in total. The Balaban J connectivity index is 1.34. The fourth-order valence-corrected chi connectivity index (χ4v) is 4.43. The van der Waals surface area contributed by atoms with Crippen molar-refractivity contribution in [2.45, 2.75) is 32.0 Å². The third-order valence-corrected chi connectivity index (χ3v) is 6.26. The van der Waals surface area contributed by atoms with Gasteiger partial charge >= 0.3 is 0 Å². The molecule has 1 atom stereocenters. The number of piperidine rings is 1. The predicted molar refractivity (Wildman–Crippen MR) is 123 cm³/mol. The number of benzene rings is 1. The van der Waals surface area contributed by atoms with Crippen molar-refractivity contribution in [3.05, 3.63) is 72.1 Å². The van der Waals surface area contributed by atoms with Crippen LogP contribution in [0, 0.1) is 6.92 Å². The van der Waals surface area contributed by atoms with Crippen molar-refractivity contribution in [2.24, 2.45) is 0 Å². The van der Waals surface area contributed by atoms with E-state index in [4.69, 9.17) is 0 Å². The molecule has 5 aromatic rings. The first-order valence-corrected chi connectivity index (χ1v) is 11.1. The van der Waals surface area contributed by atoms with Crippen molar-refractivity contribution in [3.63, 3.8) is 0 Å². The average molecular weight is 443 g/mol. The van der Waals surface area contributed by atoms with E-state index in [1.807, 2.05) is 43.6 Å². The summed E-state index contributed by atoms with van der Waals surface area (Å²) in [5.74, 6) is 0.167. The number of hydrogen-bond acceptors (Lipinski definition) is 6. The second-order valence-electron chi connectivity index (χ2n) is 8.53. The van der Waals surface area contributed by atoms with Gasteiger partial charge in [-0.3, -0.25) is 9.67 Å². The highest BCUT2D eigenvalue weighted by molar-refractivity contribution is 5.84. The van der Waals surface area contributed by atoms with Crippen LogP contribution in [0.15, 0.2) is 55.0 Å². The van der Waals surface area contributed by atoms with Gasteiger partial charge in [-0.25, -0.2) is 4.39 Å². The highest BCUT2D eigenvalue weighted by Crippen LogP contribution is 2.30. The third-order valence-electron chi connectivity index (χ3n) is 6.26. The molecule has 1 saturated heterocycles. The fraction of sp³-hybridized carbons (Fsp3) is 0.292. The molecule has 0 radical (unpaired) electrons. The van der Waals surface area contributed by atoms with E-state index in [1.165, 1.54) is 4.52 Å². The minimum absolute atomic E-state index is 0.167. The van der Waals surface area contributed by atoms with Crippen molar-refractivity contribution in [1.29, 1.82) is 0 Å².